The Kier molecular flexibility index (Phi) is 5.19. The number of hydrogen-bond acceptors (Lipinski definition) is 6. The van der Waals surface area contributed by atoms with Crippen molar-refractivity contribution in [1.82, 2.24) is 29.5 Å². The fourth-order valence-corrected chi connectivity index (χ4v) is 4.89. The van der Waals surface area contributed by atoms with E-state index in [2.05, 4.69) is 30.4 Å². The van der Waals surface area contributed by atoms with Crippen LogP contribution in [0.2, 0.25) is 0 Å². The van der Waals surface area contributed by atoms with Gasteiger partial charge in [-0.25, -0.2) is 18.7 Å². The minimum atomic E-state index is -2.53. The zero-order chi connectivity index (χ0) is 21.4. The number of anilines is 2. The van der Waals surface area contributed by atoms with Gasteiger partial charge in [-0.2, -0.15) is 5.10 Å². The fourth-order valence-electron chi connectivity index (χ4n) is 3.94. The molecule has 5 rings (SSSR count). The largest absolute Gasteiger partial charge is 0.329 e. The smallest absolute Gasteiger partial charge is 0.249 e. The molecular weight excluding hydrogens is 420 g/mol. The Labute approximate surface area is 182 Å². The van der Waals surface area contributed by atoms with E-state index in [0.717, 1.165) is 32.5 Å². The average Bonchev–Trinajstić information content (AvgIpc) is 3.44. The van der Waals surface area contributed by atoms with Crippen molar-refractivity contribution in [3.63, 3.8) is 0 Å². The number of rotatable bonds is 5. The first kappa shape index (κ1) is 20.1. The predicted molar refractivity (Wildman–Crippen MR) is 117 cm³/mol. The van der Waals surface area contributed by atoms with Crippen LogP contribution in [0.15, 0.2) is 36.9 Å². The highest BCUT2D eigenvalue weighted by atomic mass is 32.1. The highest BCUT2D eigenvalue weighted by Gasteiger charge is 2.31. The molecule has 4 aromatic heterocycles. The van der Waals surface area contributed by atoms with Crippen molar-refractivity contribution in [3.05, 3.63) is 47.5 Å². The molecule has 1 saturated heterocycles. The normalized spacial score (nSPS) is 17.1. The molecule has 31 heavy (non-hydrogen) atoms. The van der Waals surface area contributed by atoms with E-state index in [4.69, 9.17) is 0 Å². The lowest BCUT2D eigenvalue weighted by Gasteiger charge is -2.19. The Morgan fingerprint density at radius 2 is 2.13 bits per heavy atom. The van der Waals surface area contributed by atoms with Gasteiger partial charge in [0.25, 0.3) is 0 Å². The van der Waals surface area contributed by atoms with Crippen molar-refractivity contribution in [2.45, 2.75) is 38.7 Å². The second-order valence-corrected chi connectivity index (χ2v) is 9.10. The molecule has 162 valence electrons. The van der Waals surface area contributed by atoms with Gasteiger partial charge >= 0.3 is 0 Å². The topological polar surface area (TPSA) is 74.1 Å². The first-order chi connectivity index (χ1) is 15.0. The summed E-state index contributed by atoms with van der Waals surface area (Å²) in [5, 5.41) is 11.2. The summed E-state index contributed by atoms with van der Waals surface area (Å²) in [6.07, 6.45) is 7.81. The molecule has 2 N–H and O–H groups in total. The molecule has 0 atom stereocenters. The van der Waals surface area contributed by atoms with Crippen molar-refractivity contribution in [2.75, 3.05) is 18.4 Å². The molecule has 0 spiro atoms. The van der Waals surface area contributed by atoms with Crippen LogP contribution in [-0.2, 0) is 6.54 Å². The molecule has 0 saturated carbocycles. The van der Waals surface area contributed by atoms with E-state index in [9.17, 15) is 8.78 Å². The lowest BCUT2D eigenvalue weighted by molar-refractivity contribution is -0.0132. The van der Waals surface area contributed by atoms with Crippen LogP contribution in [0, 0.1) is 6.92 Å². The molecule has 10 heteroatoms. The van der Waals surface area contributed by atoms with E-state index >= 15 is 0 Å². The lowest BCUT2D eigenvalue weighted by Crippen LogP contribution is -2.25. The maximum atomic E-state index is 13.6. The molecular formula is C21H23F2N7S. The third kappa shape index (κ3) is 4.31. The maximum Gasteiger partial charge on any atom is 0.249 e. The van der Waals surface area contributed by atoms with Gasteiger partial charge in [-0.3, -0.25) is 14.4 Å². The molecule has 0 amide bonds. The predicted octanol–water partition coefficient (Wildman–Crippen LogP) is 4.85. The van der Waals surface area contributed by atoms with E-state index < -0.39 is 5.92 Å². The van der Waals surface area contributed by atoms with Gasteiger partial charge in [0.05, 0.1) is 28.8 Å². The summed E-state index contributed by atoms with van der Waals surface area (Å²) in [7, 11) is 0. The van der Waals surface area contributed by atoms with E-state index in [1.54, 1.807) is 23.7 Å². The van der Waals surface area contributed by atoms with Gasteiger partial charge in [0.1, 0.15) is 0 Å². The van der Waals surface area contributed by atoms with Gasteiger partial charge in [-0.05, 0) is 32.0 Å². The zero-order valence-corrected chi connectivity index (χ0v) is 17.9. The standard InChI is InChI=1S/C21H23F2N7S/c1-14-12-30-17(15-9-25-26-10-15)11-24-20(30)19(27-14)28-18-4-3-16(31-18)13-29-7-2-5-21(22,23)6-8-29/h3-4,9-12H,2,5-8,13H2,1H3,(H,25,26)(H,27,28). The van der Waals surface area contributed by atoms with Crippen LogP contribution >= 0.6 is 11.3 Å². The molecule has 1 aliphatic heterocycles. The molecule has 1 fully saturated rings. The quantitative estimate of drug-likeness (QED) is 0.461. The molecule has 0 aliphatic carbocycles. The number of halogens is 2. The molecule has 1 aliphatic rings. The third-order valence-corrected chi connectivity index (χ3v) is 6.49. The average molecular weight is 444 g/mol. The summed E-state index contributed by atoms with van der Waals surface area (Å²) in [4.78, 5) is 12.5. The summed E-state index contributed by atoms with van der Waals surface area (Å²) in [6, 6.07) is 4.05. The Bertz CT molecular complexity index is 1180. The number of nitrogens with zero attached hydrogens (tertiary/aromatic N) is 5. The second kappa shape index (κ2) is 8.01. The molecule has 0 unspecified atom stereocenters. The van der Waals surface area contributed by atoms with E-state index in [0.29, 0.717) is 31.9 Å². The molecule has 4 aromatic rings. The zero-order valence-electron chi connectivity index (χ0n) is 17.1. The number of likely N-dealkylation sites (tertiary alicyclic amines) is 1. The highest BCUT2D eigenvalue weighted by molar-refractivity contribution is 7.16. The van der Waals surface area contributed by atoms with Crippen LogP contribution in [0.5, 0.6) is 0 Å². The Morgan fingerprint density at radius 3 is 2.97 bits per heavy atom. The van der Waals surface area contributed by atoms with Crippen LogP contribution in [0.1, 0.15) is 29.8 Å². The van der Waals surface area contributed by atoms with Gasteiger partial charge in [0.15, 0.2) is 11.5 Å². The molecule has 0 aromatic carbocycles. The second-order valence-electron chi connectivity index (χ2n) is 7.93. The molecule has 5 heterocycles. The van der Waals surface area contributed by atoms with Crippen LogP contribution < -0.4 is 5.32 Å². The van der Waals surface area contributed by atoms with E-state index in [1.807, 2.05) is 35.9 Å². The fraction of sp³-hybridized carbons (Fsp3) is 0.381. The number of aryl methyl sites for hydroxylation is 1. The number of nitrogens with one attached hydrogen (secondary N) is 2. The van der Waals surface area contributed by atoms with E-state index in [-0.39, 0.29) is 12.8 Å². The van der Waals surface area contributed by atoms with Gasteiger partial charge in [-0.15, -0.1) is 11.3 Å². The van der Waals surface area contributed by atoms with Gasteiger partial charge < -0.3 is 5.32 Å². The van der Waals surface area contributed by atoms with Crippen molar-refractivity contribution in [2.24, 2.45) is 0 Å². The van der Waals surface area contributed by atoms with E-state index in [1.165, 1.54) is 0 Å². The number of thiophene rings is 1. The van der Waals surface area contributed by atoms with Crippen LogP contribution in [-0.4, -0.2) is 48.5 Å². The van der Waals surface area contributed by atoms with Crippen LogP contribution in [0.3, 0.4) is 0 Å². The first-order valence-electron chi connectivity index (χ1n) is 10.3. The Hall–Kier alpha value is -2.85. The molecule has 0 bridgehead atoms. The lowest BCUT2D eigenvalue weighted by atomic mass is 10.1. The Balaban J connectivity index is 1.35. The molecule has 0 radical (unpaired) electrons. The third-order valence-electron chi connectivity index (χ3n) is 5.50. The number of imidazole rings is 1. The SMILES string of the molecule is Cc1cn2c(-c3cn[nH]c3)cnc2c(Nc2ccc(CN3CCCC(F)(F)CC3)s2)n1. The molecule has 7 nitrogen and oxygen atoms in total. The number of hydrogen-bond donors (Lipinski definition) is 2. The monoisotopic (exact) mass is 443 g/mol. The van der Waals surface area contributed by atoms with Crippen LogP contribution in [0.25, 0.3) is 16.9 Å². The van der Waals surface area contributed by atoms with Gasteiger partial charge in [0.2, 0.25) is 5.92 Å². The van der Waals surface area contributed by atoms with Gasteiger partial charge in [-0.1, -0.05) is 0 Å². The van der Waals surface area contributed by atoms with Crippen LogP contribution in [0.4, 0.5) is 19.6 Å². The maximum absolute atomic E-state index is 13.6. The summed E-state index contributed by atoms with van der Waals surface area (Å²) < 4.78 is 29.2. The number of H-pyrrole nitrogens is 1. The first-order valence-corrected chi connectivity index (χ1v) is 11.1. The van der Waals surface area contributed by atoms with Crippen molar-refractivity contribution in [1.29, 1.82) is 0 Å². The van der Waals surface area contributed by atoms with Crippen molar-refractivity contribution >= 4 is 27.8 Å². The number of fused-ring (bicyclic) bond motifs is 1. The minimum Gasteiger partial charge on any atom is -0.329 e. The number of aromatic amines is 1. The highest BCUT2D eigenvalue weighted by Crippen LogP contribution is 2.32. The van der Waals surface area contributed by atoms with Crippen molar-refractivity contribution in [3.8, 4) is 11.3 Å². The number of aromatic nitrogens is 5. The van der Waals surface area contributed by atoms with Gasteiger partial charge in [0, 0.05) is 48.8 Å². The summed E-state index contributed by atoms with van der Waals surface area (Å²) in [6.45, 7) is 3.77. The summed E-state index contributed by atoms with van der Waals surface area (Å²) in [5.74, 6) is -1.85. The van der Waals surface area contributed by atoms with Crippen molar-refractivity contribution < 1.29 is 8.78 Å². The number of alkyl halides is 2. The minimum absolute atomic E-state index is 0.0130. The Morgan fingerprint density at radius 1 is 1.23 bits per heavy atom. The summed E-state index contributed by atoms with van der Waals surface area (Å²) >= 11 is 1.61. The summed E-state index contributed by atoms with van der Waals surface area (Å²) in [5.41, 5.74) is 3.47.